The highest BCUT2D eigenvalue weighted by atomic mass is 16.8. The lowest BCUT2D eigenvalue weighted by Gasteiger charge is -2.16. The van der Waals surface area contributed by atoms with Gasteiger partial charge in [-0.3, -0.25) is 9.97 Å². The lowest BCUT2D eigenvalue weighted by Crippen LogP contribution is -2.20. The smallest absolute Gasteiger partial charge is 0.164 e. The van der Waals surface area contributed by atoms with Crippen molar-refractivity contribution in [3.8, 4) is 0 Å². The van der Waals surface area contributed by atoms with E-state index in [9.17, 15) is 0 Å². The van der Waals surface area contributed by atoms with Crippen LogP contribution in [0.2, 0.25) is 0 Å². The molecule has 1 aliphatic heterocycles. The second kappa shape index (κ2) is 4.72. The number of pyridine rings is 2. The van der Waals surface area contributed by atoms with E-state index >= 15 is 0 Å². The molecule has 0 aromatic carbocycles. The van der Waals surface area contributed by atoms with Crippen LogP contribution >= 0.6 is 0 Å². The quantitative estimate of drug-likeness (QED) is 0.828. The van der Waals surface area contributed by atoms with Gasteiger partial charge in [0.2, 0.25) is 0 Å². The molecule has 1 saturated heterocycles. The number of hydrogen-bond donors (Lipinski definition) is 0. The van der Waals surface area contributed by atoms with E-state index < -0.39 is 5.79 Å². The summed E-state index contributed by atoms with van der Waals surface area (Å²) in [6, 6.07) is 11.6. The molecule has 0 spiro atoms. The SMILES string of the molecule is CC1(C)O[C@H](c2ccccn2)[C@@H](c2ccccn2)O1. The van der Waals surface area contributed by atoms with Gasteiger partial charge in [-0.1, -0.05) is 12.1 Å². The first-order valence-corrected chi connectivity index (χ1v) is 6.33. The van der Waals surface area contributed by atoms with Gasteiger partial charge in [0.1, 0.15) is 12.2 Å². The molecule has 2 atom stereocenters. The number of hydrogen-bond acceptors (Lipinski definition) is 4. The Morgan fingerprint density at radius 3 is 1.68 bits per heavy atom. The van der Waals surface area contributed by atoms with Gasteiger partial charge in [0.25, 0.3) is 0 Å². The molecule has 2 aromatic rings. The first kappa shape index (κ1) is 12.3. The van der Waals surface area contributed by atoms with Gasteiger partial charge in [-0.25, -0.2) is 0 Å². The highest BCUT2D eigenvalue weighted by molar-refractivity contribution is 5.17. The fourth-order valence-electron chi connectivity index (χ4n) is 2.28. The number of nitrogens with zero attached hydrogens (tertiary/aromatic N) is 2. The normalized spacial score (nSPS) is 25.4. The Kier molecular flexibility index (Phi) is 3.05. The fraction of sp³-hybridized carbons (Fsp3) is 0.333. The molecule has 2 aromatic heterocycles. The van der Waals surface area contributed by atoms with Crippen LogP contribution in [0.3, 0.4) is 0 Å². The highest BCUT2D eigenvalue weighted by Crippen LogP contribution is 2.45. The predicted molar refractivity (Wildman–Crippen MR) is 70.2 cm³/mol. The van der Waals surface area contributed by atoms with Crippen molar-refractivity contribution in [3.05, 3.63) is 60.2 Å². The van der Waals surface area contributed by atoms with Gasteiger partial charge in [0.05, 0.1) is 11.4 Å². The second-order valence-electron chi connectivity index (χ2n) is 4.99. The summed E-state index contributed by atoms with van der Waals surface area (Å²) in [7, 11) is 0. The summed E-state index contributed by atoms with van der Waals surface area (Å²) >= 11 is 0. The summed E-state index contributed by atoms with van der Waals surface area (Å²) in [5.74, 6) is -0.635. The zero-order chi connectivity index (χ0) is 13.3. The van der Waals surface area contributed by atoms with Gasteiger partial charge in [0, 0.05) is 12.4 Å². The Balaban J connectivity index is 1.97. The topological polar surface area (TPSA) is 44.2 Å². The van der Waals surface area contributed by atoms with Crippen LogP contribution in [0.25, 0.3) is 0 Å². The number of ether oxygens (including phenoxy) is 2. The summed E-state index contributed by atoms with van der Waals surface area (Å²) in [6.45, 7) is 3.82. The van der Waals surface area contributed by atoms with Gasteiger partial charge in [-0.15, -0.1) is 0 Å². The van der Waals surface area contributed by atoms with Gasteiger partial charge in [-0.2, -0.15) is 0 Å². The molecule has 0 amide bonds. The third-order valence-electron chi connectivity index (χ3n) is 3.06. The summed E-state index contributed by atoms with van der Waals surface area (Å²) in [4.78, 5) is 8.74. The van der Waals surface area contributed by atoms with Crippen molar-refractivity contribution in [2.75, 3.05) is 0 Å². The van der Waals surface area contributed by atoms with Crippen molar-refractivity contribution in [2.45, 2.75) is 31.8 Å². The molecular weight excluding hydrogens is 240 g/mol. The standard InChI is InChI=1S/C15H16N2O2/c1-15(2)18-13(11-7-3-5-9-16-11)14(19-15)12-8-4-6-10-17-12/h3-10,13-14H,1-2H3/t13-,14-/m1/s1. The van der Waals surface area contributed by atoms with Crippen LogP contribution in [0.5, 0.6) is 0 Å². The molecule has 1 fully saturated rings. The lowest BCUT2D eigenvalue weighted by atomic mass is 10.1. The summed E-state index contributed by atoms with van der Waals surface area (Å²) < 4.78 is 12.0. The molecule has 19 heavy (non-hydrogen) atoms. The van der Waals surface area contributed by atoms with Crippen LogP contribution in [0.15, 0.2) is 48.8 Å². The van der Waals surface area contributed by atoms with Crippen molar-refractivity contribution in [1.29, 1.82) is 0 Å². The van der Waals surface area contributed by atoms with Crippen LogP contribution < -0.4 is 0 Å². The van der Waals surface area contributed by atoms with Crippen molar-refractivity contribution < 1.29 is 9.47 Å². The monoisotopic (exact) mass is 256 g/mol. The molecule has 4 nitrogen and oxygen atoms in total. The van der Waals surface area contributed by atoms with E-state index in [-0.39, 0.29) is 12.2 Å². The summed E-state index contributed by atoms with van der Waals surface area (Å²) in [5.41, 5.74) is 1.73. The molecule has 0 radical (unpaired) electrons. The predicted octanol–water partition coefficient (Wildman–Crippen LogP) is 3.04. The van der Waals surface area contributed by atoms with Crippen LogP contribution in [0.1, 0.15) is 37.4 Å². The minimum atomic E-state index is -0.635. The molecule has 3 heterocycles. The summed E-state index contributed by atoms with van der Waals surface area (Å²) in [6.07, 6.45) is 3.07. The minimum absolute atomic E-state index is 0.230. The zero-order valence-electron chi connectivity index (χ0n) is 11.0. The van der Waals surface area contributed by atoms with Crippen molar-refractivity contribution in [2.24, 2.45) is 0 Å². The van der Waals surface area contributed by atoms with Crippen molar-refractivity contribution in [3.63, 3.8) is 0 Å². The van der Waals surface area contributed by atoms with Crippen LogP contribution in [0, 0.1) is 0 Å². The van der Waals surface area contributed by atoms with E-state index in [1.807, 2.05) is 50.2 Å². The third kappa shape index (κ3) is 2.50. The van der Waals surface area contributed by atoms with Gasteiger partial charge in [-0.05, 0) is 38.1 Å². The van der Waals surface area contributed by atoms with E-state index in [0.29, 0.717) is 0 Å². The Labute approximate surface area is 112 Å². The van der Waals surface area contributed by atoms with Crippen molar-refractivity contribution >= 4 is 0 Å². The maximum atomic E-state index is 5.98. The number of rotatable bonds is 2. The maximum absolute atomic E-state index is 5.98. The largest absolute Gasteiger partial charge is 0.338 e. The summed E-state index contributed by atoms with van der Waals surface area (Å²) in [5, 5.41) is 0. The zero-order valence-corrected chi connectivity index (χ0v) is 11.0. The van der Waals surface area contributed by atoms with Gasteiger partial charge in [0.15, 0.2) is 5.79 Å². The molecule has 98 valence electrons. The Morgan fingerprint density at radius 2 is 1.32 bits per heavy atom. The average Bonchev–Trinajstić information content (AvgIpc) is 2.77. The van der Waals surface area contributed by atoms with Crippen molar-refractivity contribution in [1.82, 2.24) is 9.97 Å². The Bertz CT molecular complexity index is 493. The first-order chi connectivity index (χ1) is 9.16. The van der Waals surface area contributed by atoms with E-state index in [1.165, 1.54) is 0 Å². The molecule has 0 unspecified atom stereocenters. The molecule has 0 N–H and O–H groups in total. The molecule has 0 bridgehead atoms. The molecular formula is C15H16N2O2. The van der Waals surface area contributed by atoms with Crippen LogP contribution in [-0.2, 0) is 9.47 Å². The highest BCUT2D eigenvalue weighted by Gasteiger charge is 2.44. The fourth-order valence-corrected chi connectivity index (χ4v) is 2.28. The molecule has 3 rings (SSSR count). The van der Waals surface area contributed by atoms with E-state index in [0.717, 1.165) is 11.4 Å². The van der Waals surface area contributed by atoms with Gasteiger partial charge < -0.3 is 9.47 Å². The van der Waals surface area contributed by atoms with E-state index in [1.54, 1.807) is 12.4 Å². The number of aromatic nitrogens is 2. The third-order valence-corrected chi connectivity index (χ3v) is 3.06. The van der Waals surface area contributed by atoms with Crippen LogP contribution in [0.4, 0.5) is 0 Å². The Hall–Kier alpha value is -1.78. The lowest BCUT2D eigenvalue weighted by molar-refractivity contribution is -0.148. The minimum Gasteiger partial charge on any atom is -0.338 e. The molecule has 1 aliphatic rings. The first-order valence-electron chi connectivity index (χ1n) is 6.33. The maximum Gasteiger partial charge on any atom is 0.164 e. The van der Waals surface area contributed by atoms with E-state index in [4.69, 9.17) is 9.47 Å². The van der Waals surface area contributed by atoms with Crippen LogP contribution in [-0.4, -0.2) is 15.8 Å². The van der Waals surface area contributed by atoms with Gasteiger partial charge >= 0.3 is 0 Å². The molecule has 4 heteroatoms. The molecule has 0 aliphatic carbocycles. The average molecular weight is 256 g/mol. The molecule has 0 saturated carbocycles. The second-order valence-corrected chi connectivity index (χ2v) is 4.99. The Morgan fingerprint density at radius 1 is 0.842 bits per heavy atom. The van der Waals surface area contributed by atoms with E-state index in [2.05, 4.69) is 9.97 Å².